The Morgan fingerprint density at radius 1 is 1.23 bits per heavy atom. The van der Waals surface area contributed by atoms with Gasteiger partial charge in [-0.25, -0.2) is 9.97 Å². The first-order valence-corrected chi connectivity index (χ1v) is 9.02. The molecular formula is C19H20ClN5O. The van der Waals surface area contributed by atoms with Crippen LogP contribution in [0.5, 0.6) is 11.6 Å². The summed E-state index contributed by atoms with van der Waals surface area (Å²) in [5, 5.41) is 0.674. The zero-order valence-electron chi connectivity index (χ0n) is 14.5. The summed E-state index contributed by atoms with van der Waals surface area (Å²) in [6.45, 7) is 1.83. The van der Waals surface area contributed by atoms with Crippen LogP contribution in [0, 0.1) is 0 Å². The Hall–Kier alpha value is -2.44. The summed E-state index contributed by atoms with van der Waals surface area (Å²) in [6.07, 6.45) is 9.47. The molecule has 0 bridgehead atoms. The molecule has 7 heteroatoms. The Kier molecular flexibility index (Phi) is 4.86. The number of rotatable bonds is 5. The highest BCUT2D eigenvalue weighted by molar-refractivity contribution is 6.30. The van der Waals surface area contributed by atoms with Gasteiger partial charge in [0.1, 0.15) is 11.6 Å². The minimum absolute atomic E-state index is 0.230. The van der Waals surface area contributed by atoms with Crippen molar-refractivity contribution < 1.29 is 4.74 Å². The third-order valence-corrected chi connectivity index (χ3v) is 4.89. The van der Waals surface area contributed by atoms with Crippen molar-refractivity contribution in [3.63, 3.8) is 0 Å². The van der Waals surface area contributed by atoms with Crippen LogP contribution < -0.4 is 4.74 Å². The summed E-state index contributed by atoms with van der Waals surface area (Å²) < 4.78 is 7.88. The van der Waals surface area contributed by atoms with Crippen molar-refractivity contribution in [2.24, 2.45) is 7.05 Å². The van der Waals surface area contributed by atoms with Crippen LogP contribution in [0.2, 0.25) is 5.02 Å². The molecule has 1 saturated heterocycles. The fourth-order valence-corrected chi connectivity index (χ4v) is 3.40. The van der Waals surface area contributed by atoms with E-state index in [9.17, 15) is 0 Å². The van der Waals surface area contributed by atoms with Crippen LogP contribution in [0.3, 0.4) is 0 Å². The number of nitrogens with zero attached hydrogens (tertiary/aromatic N) is 5. The predicted octanol–water partition coefficient (Wildman–Crippen LogP) is 3.99. The van der Waals surface area contributed by atoms with Crippen molar-refractivity contribution in [1.29, 1.82) is 0 Å². The lowest BCUT2D eigenvalue weighted by Gasteiger charge is -2.23. The lowest BCUT2D eigenvalue weighted by atomic mass is 10.1. The summed E-state index contributed by atoms with van der Waals surface area (Å²) >= 11 is 5.92. The molecule has 1 fully saturated rings. The van der Waals surface area contributed by atoms with Crippen molar-refractivity contribution in [2.75, 3.05) is 6.54 Å². The zero-order chi connectivity index (χ0) is 17.9. The molecule has 26 heavy (non-hydrogen) atoms. The highest BCUT2D eigenvalue weighted by Crippen LogP contribution is 2.32. The zero-order valence-corrected chi connectivity index (χ0v) is 15.3. The molecule has 0 N–H and O–H groups in total. The molecule has 1 unspecified atom stereocenters. The van der Waals surface area contributed by atoms with Gasteiger partial charge in [-0.1, -0.05) is 11.6 Å². The number of hydrogen-bond acceptors (Lipinski definition) is 5. The Morgan fingerprint density at radius 3 is 2.85 bits per heavy atom. The standard InChI is InChI=1S/C19H20ClN5O/c1-24-10-8-22-18(24)13-25-9-2-3-17(25)16-11-21-12-19(23-16)26-15-6-4-14(20)5-7-15/h4-8,10-12,17H,2-3,9,13H2,1H3. The van der Waals surface area contributed by atoms with Crippen LogP contribution in [-0.4, -0.2) is 31.0 Å². The van der Waals surface area contributed by atoms with Gasteiger partial charge in [-0.3, -0.25) is 9.88 Å². The largest absolute Gasteiger partial charge is 0.437 e. The first-order valence-electron chi connectivity index (χ1n) is 8.64. The summed E-state index contributed by atoms with van der Waals surface area (Å²) in [5.74, 6) is 2.24. The molecule has 3 heterocycles. The normalized spacial score (nSPS) is 17.5. The van der Waals surface area contributed by atoms with Gasteiger partial charge >= 0.3 is 0 Å². The first kappa shape index (κ1) is 17.0. The number of halogens is 1. The number of aromatic nitrogens is 4. The smallest absolute Gasteiger partial charge is 0.238 e. The van der Waals surface area contributed by atoms with E-state index in [0.29, 0.717) is 16.7 Å². The minimum atomic E-state index is 0.230. The second-order valence-corrected chi connectivity index (χ2v) is 6.86. The molecule has 1 aliphatic rings. The molecule has 4 rings (SSSR count). The number of imidazole rings is 1. The van der Waals surface area contributed by atoms with E-state index in [1.54, 1.807) is 18.3 Å². The van der Waals surface area contributed by atoms with Gasteiger partial charge in [-0.2, -0.15) is 0 Å². The van der Waals surface area contributed by atoms with Gasteiger partial charge in [0.25, 0.3) is 0 Å². The van der Waals surface area contributed by atoms with E-state index in [1.165, 1.54) is 0 Å². The third kappa shape index (κ3) is 3.71. The maximum Gasteiger partial charge on any atom is 0.238 e. The highest BCUT2D eigenvalue weighted by Gasteiger charge is 2.28. The molecule has 0 amide bonds. The average molecular weight is 370 g/mol. The van der Waals surface area contributed by atoms with E-state index < -0.39 is 0 Å². The minimum Gasteiger partial charge on any atom is -0.437 e. The van der Waals surface area contributed by atoms with Crippen molar-refractivity contribution in [1.82, 2.24) is 24.4 Å². The van der Waals surface area contributed by atoms with Gasteiger partial charge in [0, 0.05) is 24.5 Å². The Labute approximate surface area is 157 Å². The first-order chi connectivity index (χ1) is 12.7. The van der Waals surface area contributed by atoms with Crippen molar-refractivity contribution >= 4 is 11.6 Å². The molecule has 1 aromatic carbocycles. The van der Waals surface area contributed by atoms with E-state index in [-0.39, 0.29) is 6.04 Å². The third-order valence-electron chi connectivity index (χ3n) is 4.64. The summed E-state index contributed by atoms with van der Waals surface area (Å²) in [6, 6.07) is 7.45. The van der Waals surface area contributed by atoms with Crippen molar-refractivity contribution in [2.45, 2.75) is 25.4 Å². The molecule has 0 radical (unpaired) electrons. The van der Waals surface area contributed by atoms with Crippen LogP contribution in [0.15, 0.2) is 49.1 Å². The Morgan fingerprint density at radius 2 is 2.08 bits per heavy atom. The molecular weight excluding hydrogens is 350 g/mol. The average Bonchev–Trinajstić information content (AvgIpc) is 3.27. The molecule has 6 nitrogen and oxygen atoms in total. The maximum atomic E-state index is 5.92. The SMILES string of the molecule is Cn1ccnc1CN1CCCC1c1cncc(Oc2ccc(Cl)cc2)n1. The topological polar surface area (TPSA) is 56.1 Å². The molecule has 1 aliphatic heterocycles. The van der Waals surface area contributed by atoms with E-state index in [4.69, 9.17) is 16.3 Å². The number of aryl methyl sites for hydroxylation is 1. The molecule has 134 valence electrons. The number of likely N-dealkylation sites (tertiary alicyclic amines) is 1. The fourth-order valence-electron chi connectivity index (χ4n) is 3.28. The van der Waals surface area contributed by atoms with Crippen molar-refractivity contribution in [3.05, 3.63) is 65.6 Å². The number of benzene rings is 1. The molecule has 3 aromatic rings. The van der Waals surface area contributed by atoms with Crippen LogP contribution in [0.1, 0.15) is 30.4 Å². The van der Waals surface area contributed by atoms with Gasteiger partial charge < -0.3 is 9.30 Å². The van der Waals surface area contributed by atoms with Gasteiger partial charge in [0.05, 0.1) is 30.7 Å². The van der Waals surface area contributed by atoms with Crippen LogP contribution in [0.4, 0.5) is 0 Å². The molecule has 1 atom stereocenters. The predicted molar refractivity (Wildman–Crippen MR) is 99.2 cm³/mol. The van der Waals surface area contributed by atoms with E-state index in [0.717, 1.165) is 37.4 Å². The molecule has 0 aliphatic carbocycles. The summed E-state index contributed by atoms with van der Waals surface area (Å²) in [4.78, 5) is 15.9. The van der Waals surface area contributed by atoms with Crippen LogP contribution in [-0.2, 0) is 13.6 Å². The highest BCUT2D eigenvalue weighted by atomic mass is 35.5. The molecule has 2 aromatic heterocycles. The van der Waals surface area contributed by atoms with Crippen molar-refractivity contribution in [3.8, 4) is 11.6 Å². The fraction of sp³-hybridized carbons (Fsp3) is 0.316. The molecule has 0 saturated carbocycles. The van der Waals surface area contributed by atoms with Gasteiger partial charge in [-0.15, -0.1) is 0 Å². The monoisotopic (exact) mass is 369 g/mol. The molecule has 0 spiro atoms. The van der Waals surface area contributed by atoms with Crippen LogP contribution >= 0.6 is 11.6 Å². The Bertz CT molecular complexity index is 880. The van der Waals surface area contributed by atoms with E-state index in [1.807, 2.05) is 37.8 Å². The lowest BCUT2D eigenvalue weighted by Crippen LogP contribution is -2.25. The maximum absolute atomic E-state index is 5.92. The quantitative estimate of drug-likeness (QED) is 0.680. The van der Waals surface area contributed by atoms with Gasteiger partial charge in [0.15, 0.2) is 0 Å². The van der Waals surface area contributed by atoms with Gasteiger partial charge in [-0.05, 0) is 43.7 Å². The van der Waals surface area contributed by atoms with E-state index >= 15 is 0 Å². The Balaban J connectivity index is 1.51. The second kappa shape index (κ2) is 7.43. The van der Waals surface area contributed by atoms with Gasteiger partial charge in [0.2, 0.25) is 5.88 Å². The summed E-state index contributed by atoms with van der Waals surface area (Å²) in [5.41, 5.74) is 0.933. The summed E-state index contributed by atoms with van der Waals surface area (Å²) in [7, 11) is 2.02. The number of hydrogen-bond donors (Lipinski definition) is 0. The second-order valence-electron chi connectivity index (χ2n) is 6.42. The lowest BCUT2D eigenvalue weighted by molar-refractivity contribution is 0.234. The van der Waals surface area contributed by atoms with Crippen LogP contribution in [0.25, 0.3) is 0 Å². The number of ether oxygens (including phenoxy) is 1. The van der Waals surface area contributed by atoms with E-state index in [2.05, 4.69) is 24.4 Å².